The lowest BCUT2D eigenvalue weighted by Crippen LogP contribution is -2.35. The maximum Gasteiger partial charge on any atom is 0.259 e. The lowest BCUT2D eigenvalue weighted by Gasteiger charge is -2.25. The number of ether oxygens (including phenoxy) is 1. The molecule has 0 bridgehead atoms. The quantitative estimate of drug-likeness (QED) is 0.385. The van der Waals surface area contributed by atoms with Crippen LogP contribution in [0.2, 0.25) is 0 Å². The molecule has 0 spiro atoms. The van der Waals surface area contributed by atoms with Crippen LogP contribution in [0.1, 0.15) is 32.6 Å². The highest BCUT2D eigenvalue weighted by atomic mass is 16.5. The van der Waals surface area contributed by atoms with E-state index in [1.165, 1.54) is 12.8 Å². The maximum atomic E-state index is 10.8. The summed E-state index contributed by atoms with van der Waals surface area (Å²) >= 11 is 0. The first kappa shape index (κ1) is 10.5. The lowest BCUT2D eigenvalue weighted by atomic mass is 9.89. The normalized spacial score (nSPS) is 28.5. The minimum Gasteiger partial charge on any atom is -0.368 e. The number of nitrogens with one attached hydrogen (secondary N) is 1. The third kappa shape index (κ3) is 3.74. The summed E-state index contributed by atoms with van der Waals surface area (Å²) in [6, 6.07) is 0. The van der Waals surface area contributed by atoms with Crippen LogP contribution in [0.5, 0.6) is 0 Å². The molecule has 1 saturated carbocycles. The van der Waals surface area contributed by atoms with Crippen LogP contribution in [-0.4, -0.2) is 18.6 Å². The molecule has 1 rings (SSSR count). The van der Waals surface area contributed by atoms with Gasteiger partial charge in [0.05, 0.1) is 6.10 Å². The summed E-state index contributed by atoms with van der Waals surface area (Å²) in [6.45, 7) is 2.35. The molecule has 0 radical (unpaired) electrons. The smallest absolute Gasteiger partial charge is 0.259 e. The summed E-state index contributed by atoms with van der Waals surface area (Å²) < 4.78 is 5.39. The molecule has 4 heteroatoms. The van der Waals surface area contributed by atoms with E-state index in [4.69, 9.17) is 10.6 Å². The minimum atomic E-state index is -0.251. The van der Waals surface area contributed by atoms with Crippen molar-refractivity contribution in [3.8, 4) is 0 Å². The Labute approximate surface area is 78.8 Å². The average Bonchev–Trinajstić information content (AvgIpc) is 2.16. The van der Waals surface area contributed by atoms with Gasteiger partial charge in [0, 0.05) is 0 Å². The zero-order valence-electron chi connectivity index (χ0n) is 8.08. The van der Waals surface area contributed by atoms with Crippen molar-refractivity contribution in [1.82, 2.24) is 5.43 Å². The monoisotopic (exact) mass is 186 g/mol. The standard InChI is InChI=1S/C9H18N2O2/c1-7-2-4-8(5-3-7)13-6-9(12)11-10/h7-8H,2-6,10H2,1H3,(H,11,12). The molecule has 13 heavy (non-hydrogen) atoms. The van der Waals surface area contributed by atoms with Gasteiger partial charge in [0.15, 0.2) is 0 Å². The number of carbonyl (C=O) groups is 1. The summed E-state index contributed by atoms with van der Waals surface area (Å²) in [4.78, 5) is 10.8. The molecular weight excluding hydrogens is 168 g/mol. The zero-order chi connectivity index (χ0) is 9.68. The number of hydrogen-bond acceptors (Lipinski definition) is 3. The summed E-state index contributed by atoms with van der Waals surface area (Å²) in [5.41, 5.74) is 2.05. The second-order valence-electron chi connectivity index (χ2n) is 3.76. The zero-order valence-corrected chi connectivity index (χ0v) is 8.08. The Morgan fingerprint density at radius 3 is 2.62 bits per heavy atom. The van der Waals surface area contributed by atoms with Gasteiger partial charge in [0.1, 0.15) is 6.61 Å². The predicted octanol–water partition coefficient (Wildman–Crippen LogP) is 0.572. The lowest BCUT2D eigenvalue weighted by molar-refractivity contribution is -0.128. The van der Waals surface area contributed by atoms with Crippen LogP contribution in [-0.2, 0) is 9.53 Å². The largest absolute Gasteiger partial charge is 0.368 e. The van der Waals surface area contributed by atoms with Gasteiger partial charge in [-0.15, -0.1) is 0 Å². The van der Waals surface area contributed by atoms with Crippen LogP contribution in [0.25, 0.3) is 0 Å². The van der Waals surface area contributed by atoms with Crippen molar-refractivity contribution in [2.75, 3.05) is 6.61 Å². The Balaban J connectivity index is 2.12. The second-order valence-corrected chi connectivity index (χ2v) is 3.76. The van der Waals surface area contributed by atoms with Crippen molar-refractivity contribution in [3.05, 3.63) is 0 Å². The SMILES string of the molecule is CC1CCC(OCC(=O)NN)CC1. The molecule has 0 atom stereocenters. The molecule has 0 aliphatic heterocycles. The summed E-state index contributed by atoms with van der Waals surface area (Å²) in [5, 5.41) is 0. The number of nitrogens with two attached hydrogens (primary N) is 1. The highest BCUT2D eigenvalue weighted by Crippen LogP contribution is 2.25. The molecule has 0 heterocycles. The van der Waals surface area contributed by atoms with Gasteiger partial charge in [-0.25, -0.2) is 5.84 Å². The van der Waals surface area contributed by atoms with Gasteiger partial charge in [-0.3, -0.25) is 10.2 Å². The van der Waals surface area contributed by atoms with E-state index in [0.29, 0.717) is 0 Å². The van der Waals surface area contributed by atoms with Gasteiger partial charge in [-0.1, -0.05) is 6.92 Å². The van der Waals surface area contributed by atoms with E-state index >= 15 is 0 Å². The summed E-state index contributed by atoms with van der Waals surface area (Å²) in [7, 11) is 0. The molecule has 0 unspecified atom stereocenters. The molecule has 1 fully saturated rings. The molecule has 1 aliphatic carbocycles. The van der Waals surface area contributed by atoms with Crippen LogP contribution in [0, 0.1) is 5.92 Å². The minimum absolute atomic E-state index is 0.0928. The van der Waals surface area contributed by atoms with Crippen molar-refractivity contribution in [2.24, 2.45) is 11.8 Å². The fourth-order valence-electron chi connectivity index (χ4n) is 1.63. The van der Waals surface area contributed by atoms with Crippen molar-refractivity contribution in [3.63, 3.8) is 0 Å². The van der Waals surface area contributed by atoms with E-state index in [1.54, 1.807) is 0 Å². The van der Waals surface area contributed by atoms with E-state index < -0.39 is 0 Å². The third-order valence-electron chi connectivity index (χ3n) is 2.57. The highest BCUT2D eigenvalue weighted by molar-refractivity contribution is 5.76. The molecule has 4 nitrogen and oxygen atoms in total. The van der Waals surface area contributed by atoms with E-state index in [-0.39, 0.29) is 18.6 Å². The average molecular weight is 186 g/mol. The van der Waals surface area contributed by atoms with Crippen molar-refractivity contribution in [1.29, 1.82) is 0 Å². The van der Waals surface area contributed by atoms with Crippen LogP contribution in [0.4, 0.5) is 0 Å². The molecule has 1 amide bonds. The molecule has 0 saturated heterocycles. The molecule has 3 N–H and O–H groups in total. The predicted molar refractivity (Wildman–Crippen MR) is 49.7 cm³/mol. The number of rotatable bonds is 3. The number of carbonyl (C=O) groups excluding carboxylic acids is 1. The first-order chi connectivity index (χ1) is 6.22. The Bertz CT molecular complexity index is 165. The van der Waals surface area contributed by atoms with Gasteiger partial charge in [0.25, 0.3) is 5.91 Å². The number of hydrogen-bond donors (Lipinski definition) is 2. The van der Waals surface area contributed by atoms with E-state index in [0.717, 1.165) is 18.8 Å². The second kappa shape index (κ2) is 5.19. The Morgan fingerprint density at radius 2 is 2.08 bits per heavy atom. The fourth-order valence-corrected chi connectivity index (χ4v) is 1.63. The molecule has 0 aromatic rings. The molecule has 76 valence electrons. The van der Waals surface area contributed by atoms with Crippen LogP contribution < -0.4 is 11.3 Å². The maximum absolute atomic E-state index is 10.8. The van der Waals surface area contributed by atoms with Crippen molar-refractivity contribution < 1.29 is 9.53 Å². The van der Waals surface area contributed by atoms with Crippen molar-refractivity contribution >= 4 is 5.91 Å². The third-order valence-corrected chi connectivity index (χ3v) is 2.57. The van der Waals surface area contributed by atoms with Crippen LogP contribution >= 0.6 is 0 Å². The van der Waals surface area contributed by atoms with Gasteiger partial charge in [0.2, 0.25) is 0 Å². The molecular formula is C9H18N2O2. The van der Waals surface area contributed by atoms with Gasteiger partial charge in [-0.05, 0) is 31.6 Å². The van der Waals surface area contributed by atoms with Gasteiger partial charge >= 0.3 is 0 Å². The Morgan fingerprint density at radius 1 is 1.46 bits per heavy atom. The Kier molecular flexibility index (Phi) is 4.18. The van der Waals surface area contributed by atoms with Gasteiger partial charge < -0.3 is 4.74 Å². The molecule has 0 aromatic heterocycles. The van der Waals surface area contributed by atoms with Crippen LogP contribution in [0.15, 0.2) is 0 Å². The number of amides is 1. The summed E-state index contributed by atoms with van der Waals surface area (Å²) in [5.74, 6) is 5.49. The molecule has 0 aromatic carbocycles. The van der Waals surface area contributed by atoms with Crippen LogP contribution in [0.3, 0.4) is 0 Å². The van der Waals surface area contributed by atoms with E-state index in [1.807, 2.05) is 5.43 Å². The highest BCUT2D eigenvalue weighted by Gasteiger charge is 2.18. The summed E-state index contributed by atoms with van der Waals surface area (Å²) in [6.07, 6.45) is 4.80. The first-order valence-corrected chi connectivity index (χ1v) is 4.83. The van der Waals surface area contributed by atoms with E-state index in [9.17, 15) is 4.79 Å². The topological polar surface area (TPSA) is 64.3 Å². The van der Waals surface area contributed by atoms with Crippen molar-refractivity contribution in [2.45, 2.75) is 38.7 Å². The van der Waals surface area contributed by atoms with Gasteiger partial charge in [-0.2, -0.15) is 0 Å². The Hall–Kier alpha value is -0.610. The first-order valence-electron chi connectivity index (χ1n) is 4.83. The number of hydrazine groups is 1. The molecule has 1 aliphatic rings. The van der Waals surface area contributed by atoms with E-state index in [2.05, 4.69) is 6.92 Å². The fraction of sp³-hybridized carbons (Fsp3) is 0.889.